The van der Waals surface area contributed by atoms with Gasteiger partial charge in [0.05, 0.1) is 16.2 Å². The Kier molecular flexibility index (Phi) is 5.71. The summed E-state index contributed by atoms with van der Waals surface area (Å²) in [4.78, 5) is 7.50. The van der Waals surface area contributed by atoms with Gasteiger partial charge in [0, 0.05) is 61.6 Å². The van der Waals surface area contributed by atoms with E-state index in [2.05, 4.69) is 5.32 Å². The molecule has 0 amide bonds. The van der Waals surface area contributed by atoms with E-state index in [0.717, 1.165) is 27.7 Å². The summed E-state index contributed by atoms with van der Waals surface area (Å²) in [6.07, 6.45) is -0.418. The van der Waals surface area contributed by atoms with Gasteiger partial charge in [0.25, 0.3) is 0 Å². The van der Waals surface area contributed by atoms with E-state index in [0.29, 0.717) is 30.3 Å². The van der Waals surface area contributed by atoms with Crippen LogP contribution in [0.3, 0.4) is 0 Å². The van der Waals surface area contributed by atoms with Crippen molar-refractivity contribution in [2.75, 3.05) is 35.6 Å². The van der Waals surface area contributed by atoms with E-state index in [1.54, 1.807) is 6.07 Å². The number of alkyl halides is 2. The van der Waals surface area contributed by atoms with Gasteiger partial charge in [-0.15, -0.1) is 0 Å². The molecule has 3 aromatic rings. The molecule has 0 unspecified atom stereocenters. The summed E-state index contributed by atoms with van der Waals surface area (Å²) in [5, 5.41) is 4.32. The van der Waals surface area contributed by atoms with Gasteiger partial charge in [-0.1, -0.05) is 29.8 Å². The second-order valence-electron chi connectivity index (χ2n) is 9.72. The number of nitrogens with zero attached hydrogens (tertiary/aromatic N) is 2. The van der Waals surface area contributed by atoms with Gasteiger partial charge in [0.2, 0.25) is 5.92 Å². The molecule has 2 aromatic carbocycles. The Morgan fingerprint density at radius 3 is 2.65 bits per heavy atom. The molecule has 0 radical (unpaired) electrons. The molecule has 0 bridgehead atoms. The standard InChI is InChI=1S/C25H30F2N4O2S/c1-17-6-7-20-19(10-17)21(29-16-24(15-28)13-25(26,27)14-24)11-23(30-20)31-8-9-34(32,33)22-5-3-2-4-18(22)12-31/h2-7,10-11,32-33H,8-9,12-16,28H2,1H3,(H,29,30). The van der Waals surface area contributed by atoms with Crippen LogP contribution in [0.25, 0.3) is 10.9 Å². The molecular formula is C25H30F2N4O2S. The molecule has 1 aliphatic heterocycles. The maximum Gasteiger partial charge on any atom is 0.249 e. The van der Waals surface area contributed by atoms with E-state index < -0.39 is 21.9 Å². The highest BCUT2D eigenvalue weighted by atomic mass is 32.3. The summed E-state index contributed by atoms with van der Waals surface area (Å²) >= 11 is 0. The van der Waals surface area contributed by atoms with Crippen LogP contribution in [0.2, 0.25) is 0 Å². The molecule has 182 valence electrons. The van der Waals surface area contributed by atoms with E-state index in [-0.39, 0.29) is 25.1 Å². The van der Waals surface area contributed by atoms with Gasteiger partial charge in [-0.05, 0) is 30.7 Å². The number of rotatable bonds is 5. The number of pyridine rings is 1. The summed E-state index contributed by atoms with van der Waals surface area (Å²) in [5.74, 6) is -1.73. The lowest BCUT2D eigenvalue weighted by Gasteiger charge is -2.47. The van der Waals surface area contributed by atoms with Crippen LogP contribution in [-0.2, 0) is 6.54 Å². The molecule has 0 atom stereocenters. The van der Waals surface area contributed by atoms with Crippen molar-refractivity contribution >= 4 is 33.0 Å². The third-order valence-corrected chi connectivity index (χ3v) is 8.82. The molecule has 2 heterocycles. The minimum Gasteiger partial charge on any atom is -0.384 e. The van der Waals surface area contributed by atoms with Gasteiger partial charge in [-0.3, -0.25) is 9.11 Å². The monoisotopic (exact) mass is 488 g/mol. The third-order valence-electron chi connectivity index (χ3n) is 6.96. The van der Waals surface area contributed by atoms with Crippen molar-refractivity contribution in [1.82, 2.24) is 4.98 Å². The second kappa shape index (κ2) is 8.34. The number of nitrogens with one attached hydrogen (secondary N) is 1. The summed E-state index contributed by atoms with van der Waals surface area (Å²) in [5.41, 5.74) is 8.80. The predicted octanol–water partition coefficient (Wildman–Crippen LogP) is 5.46. The maximum absolute atomic E-state index is 13.6. The van der Waals surface area contributed by atoms with Gasteiger partial charge in [-0.2, -0.15) is 10.6 Å². The Hall–Kier alpha value is -2.46. The van der Waals surface area contributed by atoms with Crippen LogP contribution in [0.4, 0.5) is 20.3 Å². The molecule has 1 fully saturated rings. The van der Waals surface area contributed by atoms with Crippen molar-refractivity contribution in [2.45, 2.75) is 37.1 Å². The quantitative estimate of drug-likeness (QED) is 0.381. The lowest BCUT2D eigenvalue weighted by molar-refractivity contribution is -0.151. The predicted molar refractivity (Wildman–Crippen MR) is 134 cm³/mol. The van der Waals surface area contributed by atoms with Crippen LogP contribution in [0.15, 0.2) is 53.4 Å². The second-order valence-corrected chi connectivity index (χ2v) is 11.9. The zero-order valence-electron chi connectivity index (χ0n) is 19.1. The number of benzene rings is 2. The minimum absolute atomic E-state index is 0.200. The molecule has 6 nitrogen and oxygen atoms in total. The van der Waals surface area contributed by atoms with E-state index in [1.807, 2.05) is 54.3 Å². The first-order valence-corrected chi connectivity index (χ1v) is 13.1. The maximum atomic E-state index is 13.6. The van der Waals surface area contributed by atoms with Crippen LogP contribution in [0.1, 0.15) is 24.0 Å². The molecular weight excluding hydrogens is 458 g/mol. The number of halogens is 2. The number of anilines is 2. The number of nitrogens with two attached hydrogens (primary N) is 1. The molecule has 5 rings (SSSR count). The summed E-state index contributed by atoms with van der Waals surface area (Å²) < 4.78 is 48.7. The Bertz CT molecular complexity index is 1230. The average molecular weight is 489 g/mol. The Morgan fingerprint density at radius 2 is 1.91 bits per heavy atom. The van der Waals surface area contributed by atoms with Crippen molar-refractivity contribution < 1.29 is 17.9 Å². The molecule has 1 aliphatic carbocycles. The highest BCUT2D eigenvalue weighted by molar-refractivity contribution is 8.24. The molecule has 9 heteroatoms. The lowest BCUT2D eigenvalue weighted by atomic mass is 9.66. The normalized spacial score (nSPS) is 21.3. The van der Waals surface area contributed by atoms with E-state index >= 15 is 0 Å². The van der Waals surface area contributed by atoms with Crippen LogP contribution in [0.5, 0.6) is 0 Å². The fourth-order valence-electron chi connectivity index (χ4n) is 5.08. The molecule has 5 N–H and O–H groups in total. The van der Waals surface area contributed by atoms with E-state index in [1.165, 1.54) is 0 Å². The van der Waals surface area contributed by atoms with Crippen molar-refractivity contribution in [3.63, 3.8) is 0 Å². The van der Waals surface area contributed by atoms with Gasteiger partial charge >= 0.3 is 0 Å². The zero-order chi connectivity index (χ0) is 24.1. The Morgan fingerprint density at radius 1 is 1.15 bits per heavy atom. The van der Waals surface area contributed by atoms with E-state index in [4.69, 9.17) is 10.7 Å². The summed E-state index contributed by atoms with van der Waals surface area (Å²) in [6, 6.07) is 15.3. The summed E-state index contributed by atoms with van der Waals surface area (Å²) in [6.45, 7) is 3.48. The molecule has 34 heavy (non-hydrogen) atoms. The average Bonchev–Trinajstić information content (AvgIpc) is 2.92. The fourth-order valence-corrected chi connectivity index (χ4v) is 6.63. The van der Waals surface area contributed by atoms with Gasteiger partial charge < -0.3 is 16.0 Å². The molecule has 0 saturated heterocycles. The molecule has 1 saturated carbocycles. The van der Waals surface area contributed by atoms with Crippen LogP contribution >= 0.6 is 10.6 Å². The van der Waals surface area contributed by atoms with Crippen LogP contribution in [0, 0.1) is 12.3 Å². The van der Waals surface area contributed by atoms with Crippen molar-refractivity contribution in [3.8, 4) is 0 Å². The summed E-state index contributed by atoms with van der Waals surface area (Å²) in [7, 11) is -2.89. The Labute approximate surface area is 199 Å². The molecule has 1 aromatic heterocycles. The zero-order valence-corrected chi connectivity index (χ0v) is 19.9. The largest absolute Gasteiger partial charge is 0.384 e. The van der Waals surface area contributed by atoms with Gasteiger partial charge in [0.15, 0.2) is 0 Å². The number of aryl methyl sites for hydroxylation is 1. The van der Waals surface area contributed by atoms with Crippen molar-refractivity contribution in [2.24, 2.45) is 11.1 Å². The van der Waals surface area contributed by atoms with Gasteiger partial charge in [0.1, 0.15) is 5.82 Å². The highest BCUT2D eigenvalue weighted by Gasteiger charge is 2.55. The number of fused-ring (bicyclic) bond motifs is 2. The third kappa shape index (κ3) is 4.33. The number of hydrogen-bond acceptors (Lipinski definition) is 6. The first-order valence-electron chi connectivity index (χ1n) is 11.4. The highest BCUT2D eigenvalue weighted by Crippen LogP contribution is 2.52. The SMILES string of the molecule is Cc1ccc2nc(N3CCS(O)(O)c4ccccc4C3)cc(NCC3(CN)CC(F)(F)C3)c2c1. The van der Waals surface area contributed by atoms with Crippen LogP contribution in [-0.4, -0.2) is 45.4 Å². The fraction of sp³-hybridized carbons (Fsp3) is 0.400. The lowest BCUT2D eigenvalue weighted by Crippen LogP contribution is -2.54. The number of aromatic nitrogens is 1. The first kappa shape index (κ1) is 23.3. The topological polar surface area (TPSA) is 94.6 Å². The molecule has 2 aliphatic rings. The first-order chi connectivity index (χ1) is 16.1. The Balaban J connectivity index is 1.50. The smallest absolute Gasteiger partial charge is 0.249 e. The molecule has 0 spiro atoms. The van der Waals surface area contributed by atoms with Crippen LogP contribution < -0.4 is 16.0 Å². The van der Waals surface area contributed by atoms with E-state index in [9.17, 15) is 17.9 Å². The minimum atomic E-state index is -2.89. The van der Waals surface area contributed by atoms with Gasteiger partial charge in [-0.25, -0.2) is 13.8 Å². The number of hydrogen-bond donors (Lipinski definition) is 4. The van der Waals surface area contributed by atoms with Crippen molar-refractivity contribution in [3.05, 3.63) is 59.7 Å². The van der Waals surface area contributed by atoms with Crippen molar-refractivity contribution in [1.29, 1.82) is 0 Å².